The maximum Gasteiger partial charge on any atom is 0.351 e. The molecule has 4 atom stereocenters. The molecule has 0 bridgehead atoms. The minimum atomic E-state index is -2.38. The molecule has 0 aromatic carbocycles. The Balaban J connectivity index is 2.75. The van der Waals surface area contributed by atoms with Gasteiger partial charge in [-0.1, -0.05) is 62.3 Å². The van der Waals surface area contributed by atoms with Crippen LogP contribution in [0.2, 0.25) is 54.4 Å². The second-order valence-corrected chi connectivity index (χ2v) is 30.5. The Morgan fingerprint density at radius 2 is 1.44 bits per heavy atom. The Bertz CT molecular complexity index is 1100. The number of ether oxygens (including phenoxy) is 1. The van der Waals surface area contributed by atoms with E-state index in [1.54, 1.807) is 12.3 Å². The van der Waals surface area contributed by atoms with Crippen LogP contribution in [0.25, 0.3) is 0 Å². The van der Waals surface area contributed by atoms with Crippen molar-refractivity contribution >= 4 is 30.8 Å². The van der Waals surface area contributed by atoms with Crippen molar-refractivity contribution in [1.82, 2.24) is 9.55 Å². The Labute approximate surface area is 252 Å². The molecule has 1 aliphatic rings. The van der Waals surface area contributed by atoms with Gasteiger partial charge in [0.1, 0.15) is 17.8 Å². The van der Waals surface area contributed by atoms with Crippen LogP contribution in [0.3, 0.4) is 0 Å². The van der Waals surface area contributed by atoms with Crippen molar-refractivity contribution in [2.24, 2.45) is 0 Å². The van der Waals surface area contributed by atoms with E-state index < -0.39 is 54.7 Å². The van der Waals surface area contributed by atoms with E-state index in [1.807, 2.05) is 0 Å². The largest absolute Gasteiger partial charge is 0.414 e. The van der Waals surface area contributed by atoms with Crippen LogP contribution in [-0.4, -0.2) is 66.0 Å². The summed E-state index contributed by atoms with van der Waals surface area (Å²) in [5.41, 5.74) is 1.19. The van der Waals surface area contributed by atoms with Gasteiger partial charge in [0.2, 0.25) is 0 Å². The van der Waals surface area contributed by atoms with Gasteiger partial charge in [0.25, 0.3) is 0 Å². The van der Waals surface area contributed by atoms with Crippen molar-refractivity contribution in [2.45, 2.75) is 148 Å². The summed E-state index contributed by atoms with van der Waals surface area (Å²) in [5, 5.41) is -0.0836. The van der Waals surface area contributed by atoms with Gasteiger partial charge in [0.15, 0.2) is 37.0 Å². The van der Waals surface area contributed by atoms with Crippen LogP contribution >= 0.6 is 0 Å². The van der Waals surface area contributed by atoms with Gasteiger partial charge in [-0.25, -0.2) is 10.3 Å². The maximum atomic E-state index is 13.4. The molecule has 9 nitrogen and oxygen atoms in total. The number of anilines is 1. The van der Waals surface area contributed by atoms with E-state index in [1.165, 1.54) is 11.7 Å². The monoisotopic (exact) mass is 629 g/mol. The summed E-state index contributed by atoms with van der Waals surface area (Å²) in [7, 11) is -5.33. The predicted molar refractivity (Wildman–Crippen MR) is 175 cm³/mol. The molecule has 1 saturated heterocycles. The van der Waals surface area contributed by atoms with Crippen LogP contribution in [0.15, 0.2) is 17.1 Å². The van der Waals surface area contributed by atoms with Crippen molar-refractivity contribution < 1.29 is 22.9 Å². The van der Waals surface area contributed by atoms with Crippen LogP contribution in [0.5, 0.6) is 0 Å². The van der Waals surface area contributed by atoms with Gasteiger partial charge < -0.3 is 18.0 Å². The van der Waals surface area contributed by atoms with Gasteiger partial charge in [-0.2, -0.15) is 4.98 Å². The van der Waals surface area contributed by atoms with E-state index in [2.05, 4.69) is 119 Å². The summed E-state index contributed by atoms with van der Waals surface area (Å²) in [4.78, 5) is 22.6. The highest BCUT2D eigenvalue weighted by molar-refractivity contribution is 6.75. The lowest BCUT2D eigenvalue weighted by atomic mass is 9.96. The highest BCUT2D eigenvalue weighted by Crippen LogP contribution is 2.51. The molecule has 1 aromatic heterocycles. The van der Waals surface area contributed by atoms with Crippen molar-refractivity contribution in [1.29, 1.82) is 0 Å². The molecule has 0 saturated carbocycles. The minimum Gasteiger partial charge on any atom is -0.414 e. The Hall–Kier alpha value is -0.869. The fraction of sp³-hybridized carbons (Fsp3) is 0.862. The number of aromatic nitrogens is 2. The smallest absolute Gasteiger partial charge is 0.351 e. The third-order valence-electron chi connectivity index (χ3n) is 9.91. The van der Waals surface area contributed by atoms with E-state index in [9.17, 15) is 4.79 Å². The molecule has 0 radical (unpaired) electrons. The minimum absolute atomic E-state index is 0.0345. The summed E-state index contributed by atoms with van der Waals surface area (Å²) < 4.78 is 29.6. The first kappa shape index (κ1) is 36.3. The summed E-state index contributed by atoms with van der Waals surface area (Å²) in [6.07, 6.45) is 0.0170. The molecule has 41 heavy (non-hydrogen) atoms. The van der Waals surface area contributed by atoms with Crippen LogP contribution in [0, 0.1) is 0 Å². The maximum absolute atomic E-state index is 13.4. The zero-order valence-electron chi connectivity index (χ0n) is 28.9. The first-order valence-electron chi connectivity index (χ1n) is 14.8. The zero-order valence-corrected chi connectivity index (χ0v) is 31.9. The highest BCUT2D eigenvalue weighted by Gasteiger charge is 2.62. The zero-order chi connectivity index (χ0) is 32.0. The fourth-order valence-corrected chi connectivity index (χ4v) is 8.12. The van der Waals surface area contributed by atoms with Crippen LogP contribution < -0.4 is 11.2 Å². The van der Waals surface area contributed by atoms with Crippen molar-refractivity contribution in [3.63, 3.8) is 0 Å². The van der Waals surface area contributed by atoms with Gasteiger partial charge in [-0.15, -0.1) is 0 Å². The van der Waals surface area contributed by atoms with Crippen LogP contribution in [0.1, 0.15) is 75.5 Å². The summed E-state index contributed by atoms with van der Waals surface area (Å²) in [6, 6.07) is 1.70. The predicted octanol–water partition coefficient (Wildman–Crippen LogP) is 7.31. The molecule has 1 N–H and O–H groups in total. The first-order valence-corrected chi connectivity index (χ1v) is 23.5. The average Bonchev–Trinajstić information content (AvgIpc) is 3.00. The number of nitrogens with zero attached hydrogens (tertiary/aromatic N) is 2. The molecule has 0 spiro atoms. The lowest BCUT2D eigenvalue weighted by Crippen LogP contribution is -2.60. The quantitative estimate of drug-likeness (QED) is 0.213. The number of hydrogen-bond donors (Lipinski definition) is 1. The Kier molecular flexibility index (Phi) is 10.5. The molecule has 238 valence electrons. The van der Waals surface area contributed by atoms with Crippen molar-refractivity contribution in [3.05, 3.63) is 22.7 Å². The lowest BCUT2D eigenvalue weighted by molar-refractivity contribution is -0.0885. The van der Waals surface area contributed by atoms with Crippen molar-refractivity contribution in [2.75, 3.05) is 19.2 Å². The van der Waals surface area contributed by atoms with Gasteiger partial charge in [-0.3, -0.25) is 9.40 Å². The van der Waals surface area contributed by atoms with Gasteiger partial charge in [0.05, 0.1) is 13.7 Å². The van der Waals surface area contributed by atoms with Gasteiger partial charge in [0, 0.05) is 6.20 Å². The molecule has 2 unspecified atom stereocenters. The molecule has 0 aliphatic carbocycles. The first-order chi connectivity index (χ1) is 18.2. The third-order valence-corrected chi connectivity index (χ3v) is 23.4. The van der Waals surface area contributed by atoms with E-state index in [0.29, 0.717) is 12.4 Å². The van der Waals surface area contributed by atoms with E-state index in [-0.39, 0.29) is 15.1 Å². The standard InChI is InChI=1S/C29H59N3O6Si3/c1-26(2,3)39(12,13)35-20-21-23(37-40(14,15)27(4,5)6)29(10,38-41(16,17)28(7,8)9)24(36-21)32-19-18-22(31-34-11)30-25(32)33/h18-19,21,23-24H,20H2,1-17H3,(H,30,31,33)/t21-,23?,24-,29?/m1/s1. The molecule has 1 aromatic rings. The van der Waals surface area contributed by atoms with E-state index in [4.69, 9.17) is 22.9 Å². The van der Waals surface area contributed by atoms with Gasteiger partial charge >= 0.3 is 5.69 Å². The number of hydrogen-bond acceptors (Lipinski definition) is 8. The normalized spacial score (nSPS) is 25.0. The Morgan fingerprint density at radius 1 is 0.927 bits per heavy atom. The molecule has 2 rings (SSSR count). The number of rotatable bonds is 10. The topological polar surface area (TPSA) is 93.1 Å². The summed E-state index contributed by atoms with van der Waals surface area (Å²) >= 11 is 0. The van der Waals surface area contributed by atoms with E-state index >= 15 is 0 Å². The van der Waals surface area contributed by atoms with Crippen molar-refractivity contribution in [3.8, 4) is 0 Å². The second kappa shape index (κ2) is 11.9. The molecule has 2 heterocycles. The molecular formula is C29H59N3O6Si3. The lowest BCUT2D eigenvalue weighted by Gasteiger charge is -2.49. The summed E-state index contributed by atoms with van der Waals surface area (Å²) in [6.45, 7) is 35.9. The summed E-state index contributed by atoms with van der Waals surface area (Å²) in [5.74, 6) is 0.325. The number of nitrogens with one attached hydrogen (secondary N) is 1. The second-order valence-electron chi connectivity index (χ2n) is 16.3. The average molecular weight is 630 g/mol. The molecule has 1 fully saturated rings. The van der Waals surface area contributed by atoms with Crippen LogP contribution in [0.4, 0.5) is 5.82 Å². The molecular weight excluding hydrogens is 571 g/mol. The molecule has 0 amide bonds. The SMILES string of the molecule is CONc1ccn([C@@H]2O[C@H](CO[Si](C)(C)C(C)(C)C)C(O[Si](C)(C)C(C)(C)C)C2(C)O[Si](C)(C)C(C)(C)C)c(=O)n1. The van der Waals surface area contributed by atoms with E-state index in [0.717, 1.165) is 0 Å². The van der Waals surface area contributed by atoms with Crippen LogP contribution in [-0.2, 0) is 22.9 Å². The highest BCUT2D eigenvalue weighted by atomic mass is 28.4. The third kappa shape index (κ3) is 7.81. The van der Waals surface area contributed by atoms with Gasteiger partial charge in [-0.05, 0) is 67.4 Å². The fourth-order valence-electron chi connectivity index (χ4n) is 4.11. The molecule has 12 heteroatoms. The molecule has 1 aliphatic heterocycles. The Morgan fingerprint density at radius 3 is 1.88 bits per heavy atom.